The summed E-state index contributed by atoms with van der Waals surface area (Å²) in [5.74, 6) is 0.606. The largest absolute Gasteiger partial charge is 0.361 e. The van der Waals surface area contributed by atoms with Crippen molar-refractivity contribution in [2.45, 2.75) is 59.4 Å². The van der Waals surface area contributed by atoms with E-state index in [1.807, 2.05) is 11.8 Å². The summed E-state index contributed by atoms with van der Waals surface area (Å²) in [6.07, 6.45) is 4.49. The SMILES string of the molecule is Cc1cc(-c2nn(C)c(Cl)c2C(=O)N2CCC3(CC(NCCC(C)(C)C)C3)C2)no1. The van der Waals surface area contributed by atoms with Crippen molar-refractivity contribution >= 4 is 17.5 Å². The summed E-state index contributed by atoms with van der Waals surface area (Å²) in [5, 5.41) is 12.5. The zero-order valence-corrected chi connectivity index (χ0v) is 19.3. The first kappa shape index (κ1) is 21.4. The van der Waals surface area contributed by atoms with E-state index in [9.17, 15) is 4.79 Å². The van der Waals surface area contributed by atoms with Gasteiger partial charge in [-0.2, -0.15) is 5.10 Å². The van der Waals surface area contributed by atoms with E-state index < -0.39 is 0 Å². The highest BCUT2D eigenvalue weighted by Crippen LogP contribution is 2.49. The molecule has 30 heavy (non-hydrogen) atoms. The van der Waals surface area contributed by atoms with E-state index in [1.54, 1.807) is 13.1 Å². The van der Waals surface area contributed by atoms with Gasteiger partial charge in [0, 0.05) is 32.2 Å². The number of hydrogen-bond acceptors (Lipinski definition) is 5. The summed E-state index contributed by atoms with van der Waals surface area (Å²) in [6.45, 7) is 11.2. The predicted molar refractivity (Wildman–Crippen MR) is 117 cm³/mol. The van der Waals surface area contributed by atoms with E-state index in [-0.39, 0.29) is 11.3 Å². The molecular weight excluding hydrogens is 402 g/mol. The fourth-order valence-electron chi connectivity index (χ4n) is 4.73. The lowest BCUT2D eigenvalue weighted by atomic mass is 9.65. The lowest BCUT2D eigenvalue weighted by molar-refractivity contribution is 0.0655. The summed E-state index contributed by atoms with van der Waals surface area (Å²) in [4.78, 5) is 15.3. The lowest BCUT2D eigenvalue weighted by Gasteiger charge is -2.46. The van der Waals surface area contributed by atoms with Crippen LogP contribution in [0.3, 0.4) is 0 Å². The van der Waals surface area contributed by atoms with E-state index in [4.69, 9.17) is 16.1 Å². The second-order valence-corrected chi connectivity index (χ2v) is 10.7. The Morgan fingerprint density at radius 2 is 2.13 bits per heavy atom. The maximum atomic E-state index is 13.4. The van der Waals surface area contributed by atoms with Crippen LogP contribution in [0.2, 0.25) is 5.15 Å². The average Bonchev–Trinajstić information content (AvgIpc) is 3.32. The first-order valence-electron chi connectivity index (χ1n) is 10.8. The molecule has 1 saturated carbocycles. The molecule has 4 rings (SSSR count). The molecule has 1 aliphatic carbocycles. The van der Waals surface area contributed by atoms with Gasteiger partial charge in [-0.25, -0.2) is 0 Å². The molecular formula is C22H32ClN5O2. The molecule has 0 aromatic carbocycles. The van der Waals surface area contributed by atoms with Crippen molar-refractivity contribution in [3.05, 3.63) is 22.5 Å². The van der Waals surface area contributed by atoms with E-state index in [2.05, 4.69) is 36.3 Å². The summed E-state index contributed by atoms with van der Waals surface area (Å²) in [7, 11) is 1.74. The van der Waals surface area contributed by atoms with Gasteiger partial charge in [-0.05, 0) is 50.0 Å². The van der Waals surface area contributed by atoms with Crippen molar-refractivity contribution in [3.63, 3.8) is 0 Å². The highest BCUT2D eigenvalue weighted by Gasteiger charge is 2.49. The molecule has 8 heteroatoms. The minimum Gasteiger partial charge on any atom is -0.361 e. The fourth-order valence-corrected chi connectivity index (χ4v) is 4.94. The molecule has 2 aromatic heterocycles. The van der Waals surface area contributed by atoms with Crippen molar-refractivity contribution in [2.24, 2.45) is 17.9 Å². The Bertz CT molecular complexity index is 936. The molecule has 0 unspecified atom stereocenters. The van der Waals surface area contributed by atoms with Crippen molar-refractivity contribution in [2.75, 3.05) is 19.6 Å². The summed E-state index contributed by atoms with van der Waals surface area (Å²) in [6, 6.07) is 2.35. The van der Waals surface area contributed by atoms with Crippen LogP contribution in [0.15, 0.2) is 10.6 Å². The zero-order chi connectivity index (χ0) is 21.7. The van der Waals surface area contributed by atoms with Gasteiger partial charge in [0.15, 0.2) is 0 Å². The number of nitrogens with one attached hydrogen (secondary N) is 1. The Morgan fingerprint density at radius 3 is 2.77 bits per heavy atom. The van der Waals surface area contributed by atoms with Gasteiger partial charge < -0.3 is 14.7 Å². The molecule has 1 aliphatic heterocycles. The number of rotatable bonds is 5. The second-order valence-electron chi connectivity index (χ2n) is 10.3. The summed E-state index contributed by atoms with van der Waals surface area (Å²) >= 11 is 6.46. The van der Waals surface area contributed by atoms with Gasteiger partial charge in [0.25, 0.3) is 5.91 Å². The number of halogens is 1. The van der Waals surface area contributed by atoms with Crippen LogP contribution in [0.1, 0.15) is 62.6 Å². The first-order chi connectivity index (χ1) is 14.1. The van der Waals surface area contributed by atoms with Crippen LogP contribution >= 0.6 is 11.6 Å². The fraction of sp³-hybridized carbons (Fsp3) is 0.682. The zero-order valence-electron chi connectivity index (χ0n) is 18.6. The Kier molecular flexibility index (Phi) is 5.47. The molecule has 1 saturated heterocycles. The van der Waals surface area contributed by atoms with Crippen molar-refractivity contribution in [3.8, 4) is 11.4 Å². The Morgan fingerprint density at radius 1 is 1.40 bits per heavy atom. The first-order valence-corrected chi connectivity index (χ1v) is 11.1. The number of hydrogen-bond donors (Lipinski definition) is 1. The van der Waals surface area contributed by atoms with Crippen LogP contribution in [-0.4, -0.2) is 51.4 Å². The number of carbonyl (C=O) groups is 1. The van der Waals surface area contributed by atoms with E-state index >= 15 is 0 Å². The quantitative estimate of drug-likeness (QED) is 0.769. The highest BCUT2D eigenvalue weighted by molar-refractivity contribution is 6.33. The number of aryl methyl sites for hydroxylation is 2. The third-order valence-corrected chi connectivity index (χ3v) is 6.89. The van der Waals surface area contributed by atoms with Crippen LogP contribution in [0.4, 0.5) is 0 Å². The maximum absolute atomic E-state index is 13.4. The molecule has 0 radical (unpaired) electrons. The summed E-state index contributed by atoms with van der Waals surface area (Å²) in [5.41, 5.74) is 2.05. The Labute approximate surface area is 183 Å². The monoisotopic (exact) mass is 433 g/mol. The van der Waals surface area contributed by atoms with Crippen LogP contribution in [0, 0.1) is 17.8 Å². The molecule has 3 heterocycles. The number of likely N-dealkylation sites (tertiary alicyclic amines) is 1. The van der Waals surface area contributed by atoms with Crippen molar-refractivity contribution in [1.82, 2.24) is 25.2 Å². The molecule has 7 nitrogen and oxygen atoms in total. The average molecular weight is 434 g/mol. The standard InChI is InChI=1S/C22H32ClN5O2/c1-14-10-16(26-30-14)18-17(19(23)27(5)25-18)20(29)28-9-7-22(13-28)11-15(12-22)24-8-6-21(2,3)4/h10,15,24H,6-9,11-13H2,1-5H3. The molecule has 1 N–H and O–H groups in total. The summed E-state index contributed by atoms with van der Waals surface area (Å²) < 4.78 is 6.70. The van der Waals surface area contributed by atoms with Gasteiger partial charge in [0.05, 0.1) is 0 Å². The number of aromatic nitrogens is 3. The van der Waals surface area contributed by atoms with E-state index in [1.165, 1.54) is 11.1 Å². The Hall–Kier alpha value is -1.86. The topological polar surface area (TPSA) is 76.2 Å². The lowest BCUT2D eigenvalue weighted by Crippen LogP contribution is -2.51. The number of amides is 1. The van der Waals surface area contributed by atoms with Crippen LogP contribution in [0.5, 0.6) is 0 Å². The van der Waals surface area contributed by atoms with E-state index in [0.29, 0.717) is 39.3 Å². The van der Waals surface area contributed by atoms with Gasteiger partial charge in [-0.3, -0.25) is 9.48 Å². The Balaban J connectivity index is 1.41. The second kappa shape index (κ2) is 7.68. The normalized spacial score (nSPS) is 23.9. The third kappa shape index (κ3) is 4.14. The van der Waals surface area contributed by atoms with Gasteiger partial charge in [0.2, 0.25) is 0 Å². The van der Waals surface area contributed by atoms with E-state index in [0.717, 1.165) is 38.9 Å². The molecule has 164 valence electrons. The molecule has 0 atom stereocenters. The van der Waals surface area contributed by atoms with Crippen LogP contribution < -0.4 is 5.32 Å². The maximum Gasteiger partial charge on any atom is 0.259 e. The molecule has 2 aliphatic rings. The van der Waals surface area contributed by atoms with Gasteiger partial charge in [-0.15, -0.1) is 0 Å². The molecule has 1 amide bonds. The molecule has 0 bridgehead atoms. The highest BCUT2D eigenvalue weighted by atomic mass is 35.5. The van der Waals surface area contributed by atoms with Gasteiger partial charge >= 0.3 is 0 Å². The van der Waals surface area contributed by atoms with Crippen molar-refractivity contribution in [1.29, 1.82) is 0 Å². The minimum atomic E-state index is -0.0650. The smallest absolute Gasteiger partial charge is 0.259 e. The third-order valence-electron chi connectivity index (χ3n) is 6.45. The van der Waals surface area contributed by atoms with Crippen LogP contribution in [0.25, 0.3) is 11.4 Å². The molecule has 2 fully saturated rings. The predicted octanol–water partition coefficient (Wildman–Crippen LogP) is 4.06. The van der Waals surface area contributed by atoms with Gasteiger partial charge in [0.1, 0.15) is 27.9 Å². The van der Waals surface area contributed by atoms with Crippen molar-refractivity contribution < 1.29 is 9.32 Å². The number of nitrogens with zero attached hydrogens (tertiary/aromatic N) is 4. The van der Waals surface area contributed by atoms with Gasteiger partial charge in [-0.1, -0.05) is 37.5 Å². The molecule has 1 spiro atoms. The van der Waals surface area contributed by atoms with Crippen LogP contribution in [-0.2, 0) is 7.05 Å². The molecule has 2 aromatic rings. The minimum absolute atomic E-state index is 0.0650. The number of carbonyl (C=O) groups excluding carboxylic acids is 1.